The zero-order valence-corrected chi connectivity index (χ0v) is 12.4. The highest BCUT2D eigenvalue weighted by Crippen LogP contribution is 2.40. The minimum atomic E-state index is -0.248. The maximum atomic E-state index is 12.2. The van der Waals surface area contributed by atoms with E-state index in [1.54, 1.807) is 29.3 Å². The summed E-state index contributed by atoms with van der Waals surface area (Å²) in [7, 11) is 1.88. The molecular weight excluding hydrogens is 272 g/mol. The minimum Gasteiger partial charge on any atom is -0.622 e. The van der Waals surface area contributed by atoms with Crippen molar-refractivity contribution >= 4 is 45.9 Å². The van der Waals surface area contributed by atoms with E-state index < -0.39 is 0 Å². The minimum absolute atomic E-state index is 0.193. The standard InChI is InChI=1S/C11H14N2OS3/c1-11(2)9(12(3)10(15)17-11)13(14)7-8-5-4-6-16-8/h4-7,9H,1-3H3. The van der Waals surface area contributed by atoms with Crippen LogP contribution < -0.4 is 0 Å². The number of hydrogen-bond donors (Lipinski definition) is 0. The van der Waals surface area contributed by atoms with Gasteiger partial charge in [0.1, 0.15) is 9.07 Å². The Hall–Kier alpha value is -0.590. The van der Waals surface area contributed by atoms with Gasteiger partial charge in [0.05, 0.1) is 4.88 Å². The molecule has 0 saturated carbocycles. The van der Waals surface area contributed by atoms with E-state index in [1.807, 2.05) is 43.3 Å². The van der Waals surface area contributed by atoms with Crippen molar-refractivity contribution in [1.29, 1.82) is 0 Å². The largest absolute Gasteiger partial charge is 0.622 e. The molecule has 0 aromatic carbocycles. The summed E-state index contributed by atoms with van der Waals surface area (Å²) in [6.45, 7) is 4.09. The van der Waals surface area contributed by atoms with Crippen LogP contribution in [0.3, 0.4) is 0 Å². The van der Waals surface area contributed by atoms with Crippen molar-refractivity contribution in [2.75, 3.05) is 7.05 Å². The summed E-state index contributed by atoms with van der Waals surface area (Å²) in [4.78, 5) is 2.84. The molecule has 1 fully saturated rings. The van der Waals surface area contributed by atoms with E-state index in [0.29, 0.717) is 0 Å². The van der Waals surface area contributed by atoms with Crippen LogP contribution in [0.4, 0.5) is 0 Å². The topological polar surface area (TPSA) is 29.3 Å². The van der Waals surface area contributed by atoms with E-state index in [1.165, 1.54) is 0 Å². The second-order valence-corrected chi connectivity index (χ2v) is 7.73. The monoisotopic (exact) mass is 286 g/mol. The van der Waals surface area contributed by atoms with Gasteiger partial charge in [0, 0.05) is 7.05 Å². The highest BCUT2D eigenvalue weighted by molar-refractivity contribution is 8.24. The molecule has 0 radical (unpaired) electrons. The van der Waals surface area contributed by atoms with E-state index >= 15 is 0 Å². The van der Waals surface area contributed by atoms with Gasteiger partial charge < -0.3 is 10.1 Å². The maximum absolute atomic E-state index is 12.2. The van der Waals surface area contributed by atoms with Crippen molar-refractivity contribution in [2.45, 2.75) is 24.8 Å². The Morgan fingerprint density at radius 3 is 2.76 bits per heavy atom. The predicted octanol–water partition coefficient (Wildman–Crippen LogP) is 2.75. The van der Waals surface area contributed by atoms with Crippen LogP contribution in [0.15, 0.2) is 17.5 Å². The summed E-state index contributed by atoms with van der Waals surface area (Å²) in [5.41, 5.74) is 0. The van der Waals surface area contributed by atoms with Gasteiger partial charge in [0.25, 0.3) is 6.17 Å². The number of nitrogens with zero attached hydrogens (tertiary/aromatic N) is 2. The molecule has 0 N–H and O–H groups in total. The smallest absolute Gasteiger partial charge is 0.254 e. The lowest BCUT2D eigenvalue weighted by molar-refractivity contribution is -0.522. The summed E-state index contributed by atoms with van der Waals surface area (Å²) in [6.07, 6.45) is 1.39. The molecule has 1 aromatic heterocycles. The molecule has 1 aliphatic heterocycles. The molecule has 0 amide bonds. The number of rotatable bonds is 2. The van der Waals surface area contributed by atoms with E-state index in [2.05, 4.69) is 0 Å². The van der Waals surface area contributed by atoms with E-state index in [0.717, 1.165) is 13.9 Å². The number of thiophene rings is 1. The van der Waals surface area contributed by atoms with Gasteiger partial charge in [-0.1, -0.05) is 30.0 Å². The average Bonchev–Trinajstić information content (AvgIpc) is 2.74. The molecule has 92 valence electrons. The molecular formula is C11H14N2OS3. The zero-order valence-electron chi connectivity index (χ0n) is 9.91. The molecule has 0 spiro atoms. The number of thiocarbonyl (C=S) groups is 1. The first-order valence-corrected chi connectivity index (χ1v) is 7.32. The lowest BCUT2D eigenvalue weighted by atomic mass is 10.1. The van der Waals surface area contributed by atoms with Crippen molar-refractivity contribution in [3.05, 3.63) is 27.6 Å². The van der Waals surface area contributed by atoms with Crippen LogP contribution in [0.2, 0.25) is 0 Å². The number of hydroxylamine groups is 1. The highest BCUT2D eigenvalue weighted by Gasteiger charge is 2.48. The lowest BCUT2D eigenvalue weighted by Gasteiger charge is -2.27. The molecule has 0 bridgehead atoms. The fourth-order valence-corrected chi connectivity index (χ4v) is 4.40. The van der Waals surface area contributed by atoms with Crippen LogP contribution >= 0.6 is 35.3 Å². The van der Waals surface area contributed by atoms with Crippen LogP contribution in [0.1, 0.15) is 18.7 Å². The summed E-state index contributed by atoms with van der Waals surface area (Å²) >= 11 is 8.38. The van der Waals surface area contributed by atoms with Gasteiger partial charge in [-0.2, -0.15) is 4.74 Å². The molecule has 0 aliphatic carbocycles. The Bertz CT molecular complexity index is 453. The summed E-state index contributed by atoms with van der Waals surface area (Å²) in [5.74, 6) is 0. The highest BCUT2D eigenvalue weighted by atomic mass is 32.2. The van der Waals surface area contributed by atoms with Crippen molar-refractivity contribution in [2.24, 2.45) is 0 Å². The maximum Gasteiger partial charge on any atom is 0.254 e. The predicted molar refractivity (Wildman–Crippen MR) is 78.9 cm³/mol. The van der Waals surface area contributed by atoms with E-state index in [4.69, 9.17) is 12.2 Å². The van der Waals surface area contributed by atoms with Gasteiger partial charge in [-0.25, -0.2) is 0 Å². The first-order valence-electron chi connectivity index (χ1n) is 5.21. The Balaban J connectivity index is 2.30. The average molecular weight is 286 g/mol. The van der Waals surface area contributed by atoms with Gasteiger partial charge >= 0.3 is 0 Å². The normalized spacial score (nSPS) is 24.4. The van der Waals surface area contributed by atoms with Crippen LogP contribution in [0, 0.1) is 5.21 Å². The third-order valence-electron chi connectivity index (χ3n) is 2.67. The summed E-state index contributed by atoms with van der Waals surface area (Å²) in [6, 6.07) is 3.87. The molecule has 1 saturated heterocycles. The Morgan fingerprint density at radius 1 is 1.59 bits per heavy atom. The molecule has 1 aromatic rings. The van der Waals surface area contributed by atoms with Gasteiger partial charge in [-0.15, -0.1) is 11.3 Å². The number of hydrogen-bond acceptors (Lipinski definition) is 4. The molecule has 17 heavy (non-hydrogen) atoms. The molecule has 2 heterocycles. The van der Waals surface area contributed by atoms with Crippen molar-refractivity contribution in [1.82, 2.24) is 4.90 Å². The Morgan fingerprint density at radius 2 is 2.29 bits per heavy atom. The summed E-state index contributed by atoms with van der Waals surface area (Å²) < 4.78 is 1.60. The van der Waals surface area contributed by atoms with Crippen molar-refractivity contribution in [3.63, 3.8) is 0 Å². The third kappa shape index (κ3) is 2.48. The molecule has 1 unspecified atom stereocenters. The lowest BCUT2D eigenvalue weighted by Crippen LogP contribution is -2.46. The number of thioether (sulfide) groups is 1. The van der Waals surface area contributed by atoms with Crippen molar-refractivity contribution in [3.8, 4) is 0 Å². The van der Waals surface area contributed by atoms with Gasteiger partial charge in [-0.05, 0) is 25.3 Å². The molecule has 2 rings (SSSR count). The second kappa shape index (κ2) is 4.59. The second-order valence-electron chi connectivity index (χ2n) is 4.46. The third-order valence-corrected chi connectivity index (χ3v) is 5.21. The van der Waals surface area contributed by atoms with E-state index in [9.17, 15) is 5.21 Å². The van der Waals surface area contributed by atoms with Crippen LogP contribution in [-0.4, -0.2) is 38.1 Å². The molecule has 6 heteroatoms. The van der Waals surface area contributed by atoms with Crippen LogP contribution in [0.25, 0.3) is 0 Å². The first kappa shape index (κ1) is 12.9. The molecule has 1 aliphatic rings. The Kier molecular flexibility index (Phi) is 3.47. The van der Waals surface area contributed by atoms with E-state index in [-0.39, 0.29) is 10.9 Å². The fourth-order valence-electron chi connectivity index (χ4n) is 1.95. The van der Waals surface area contributed by atoms with Gasteiger partial charge in [0.15, 0.2) is 6.21 Å². The summed E-state index contributed by atoms with van der Waals surface area (Å²) in [5, 5.41) is 14.2. The van der Waals surface area contributed by atoms with Gasteiger partial charge in [-0.3, -0.25) is 0 Å². The Labute approximate surface area is 115 Å². The SMILES string of the molecule is CN1C(=S)SC(C)(C)C1[N+]([O-])=Cc1cccs1. The first-order chi connectivity index (χ1) is 7.92. The fraction of sp³-hybridized carbons (Fsp3) is 0.455. The molecule has 3 nitrogen and oxygen atoms in total. The van der Waals surface area contributed by atoms with Gasteiger partial charge in [0.2, 0.25) is 0 Å². The van der Waals surface area contributed by atoms with Crippen molar-refractivity contribution < 1.29 is 4.74 Å². The van der Waals surface area contributed by atoms with Crippen LogP contribution in [0.5, 0.6) is 0 Å². The molecule has 1 atom stereocenters. The quantitative estimate of drug-likeness (QED) is 0.275. The zero-order chi connectivity index (χ0) is 12.6. The van der Waals surface area contributed by atoms with Crippen LogP contribution in [-0.2, 0) is 0 Å².